The Kier molecular flexibility index (Phi) is 3.50. The molecule has 0 radical (unpaired) electrons. The first-order chi connectivity index (χ1) is 9.63. The number of fused-ring (bicyclic) bond motifs is 1. The zero-order valence-electron chi connectivity index (χ0n) is 10.7. The third-order valence-electron chi connectivity index (χ3n) is 3.33. The molecule has 8 nitrogen and oxygen atoms in total. The number of aliphatic hydroxyl groups excluding tert-OH is 2. The molecule has 4 atom stereocenters. The van der Waals surface area contributed by atoms with E-state index in [0.717, 1.165) is 0 Å². The van der Waals surface area contributed by atoms with Crippen molar-refractivity contribution in [1.82, 2.24) is 19.5 Å². The molecule has 0 bridgehead atoms. The number of imidazole rings is 1. The van der Waals surface area contributed by atoms with Crippen molar-refractivity contribution in [2.45, 2.75) is 24.5 Å². The maximum atomic E-state index is 10.1. The van der Waals surface area contributed by atoms with E-state index in [1.807, 2.05) is 6.26 Å². The number of hydrogen-bond donors (Lipinski definition) is 3. The molecule has 0 aliphatic carbocycles. The van der Waals surface area contributed by atoms with Gasteiger partial charge < -0.3 is 20.7 Å². The molecule has 0 spiro atoms. The van der Waals surface area contributed by atoms with Gasteiger partial charge in [-0.3, -0.25) is 4.57 Å². The molecule has 4 N–H and O–H groups in total. The molecule has 20 heavy (non-hydrogen) atoms. The second-order valence-corrected chi connectivity index (χ2v) is 5.50. The fourth-order valence-electron chi connectivity index (χ4n) is 2.32. The van der Waals surface area contributed by atoms with Gasteiger partial charge in [-0.25, -0.2) is 15.0 Å². The van der Waals surface area contributed by atoms with Crippen LogP contribution in [0.3, 0.4) is 0 Å². The maximum absolute atomic E-state index is 10.1. The van der Waals surface area contributed by atoms with E-state index in [2.05, 4.69) is 15.0 Å². The number of hydrogen-bond acceptors (Lipinski definition) is 8. The molecule has 2 unspecified atom stereocenters. The molecule has 1 saturated heterocycles. The number of thioether (sulfide) groups is 1. The van der Waals surface area contributed by atoms with E-state index in [1.54, 1.807) is 16.3 Å². The van der Waals surface area contributed by atoms with E-state index in [1.165, 1.54) is 12.7 Å². The number of aliphatic hydroxyl groups is 2. The Morgan fingerprint density at radius 2 is 2.15 bits per heavy atom. The van der Waals surface area contributed by atoms with Crippen molar-refractivity contribution in [1.29, 1.82) is 0 Å². The molecule has 1 aliphatic heterocycles. The summed E-state index contributed by atoms with van der Waals surface area (Å²) in [5, 5.41) is 20.2. The number of nitrogens with two attached hydrogens (primary N) is 1. The summed E-state index contributed by atoms with van der Waals surface area (Å²) in [6.07, 6.45) is 1.58. The van der Waals surface area contributed by atoms with Crippen LogP contribution in [0.5, 0.6) is 0 Å². The molecule has 3 rings (SSSR count). The second kappa shape index (κ2) is 5.17. The quantitative estimate of drug-likeness (QED) is 0.686. The summed E-state index contributed by atoms with van der Waals surface area (Å²) in [7, 11) is 0. The lowest BCUT2D eigenvalue weighted by Crippen LogP contribution is -2.32. The molecule has 0 saturated carbocycles. The van der Waals surface area contributed by atoms with Crippen molar-refractivity contribution in [3.8, 4) is 0 Å². The Morgan fingerprint density at radius 3 is 2.90 bits per heavy atom. The molecular weight excluding hydrogens is 282 g/mol. The third-order valence-corrected chi connectivity index (χ3v) is 3.99. The average Bonchev–Trinajstić information content (AvgIpc) is 2.97. The summed E-state index contributed by atoms with van der Waals surface area (Å²) >= 11 is 1.54. The molecule has 108 valence electrons. The predicted octanol–water partition coefficient (Wildman–Crippen LogP) is -0.609. The van der Waals surface area contributed by atoms with E-state index in [9.17, 15) is 10.2 Å². The van der Waals surface area contributed by atoms with Gasteiger partial charge in [0, 0.05) is 5.75 Å². The van der Waals surface area contributed by atoms with Crippen LogP contribution in [0.1, 0.15) is 6.23 Å². The summed E-state index contributed by atoms with van der Waals surface area (Å²) in [5.74, 6) is 0.862. The van der Waals surface area contributed by atoms with Crippen LogP contribution in [-0.4, -0.2) is 60.1 Å². The van der Waals surface area contributed by atoms with Crippen LogP contribution < -0.4 is 5.73 Å². The highest BCUT2D eigenvalue weighted by atomic mass is 32.2. The number of nitrogen functional groups attached to an aromatic ring is 1. The summed E-state index contributed by atoms with van der Waals surface area (Å²) < 4.78 is 7.29. The van der Waals surface area contributed by atoms with Crippen LogP contribution in [-0.2, 0) is 4.74 Å². The SMILES string of the molecule is CSCC1OC(n2cnc3c(N)ncnc32)[C@@H](O)[C@H]1O. The Balaban J connectivity index is 1.97. The predicted molar refractivity (Wildman–Crippen MR) is 74.0 cm³/mol. The molecule has 1 fully saturated rings. The molecule has 2 aromatic heterocycles. The summed E-state index contributed by atoms with van der Waals surface area (Å²) in [4.78, 5) is 12.1. The third kappa shape index (κ3) is 2.03. The lowest BCUT2D eigenvalue weighted by molar-refractivity contribution is -0.0288. The van der Waals surface area contributed by atoms with E-state index < -0.39 is 24.5 Å². The molecule has 3 heterocycles. The largest absolute Gasteiger partial charge is 0.387 e. The van der Waals surface area contributed by atoms with Gasteiger partial charge in [-0.1, -0.05) is 0 Å². The Bertz CT molecular complexity index is 621. The lowest BCUT2D eigenvalue weighted by atomic mass is 10.1. The van der Waals surface area contributed by atoms with Crippen molar-refractivity contribution < 1.29 is 14.9 Å². The Hall–Kier alpha value is -1.42. The summed E-state index contributed by atoms with van der Waals surface area (Å²) in [5.41, 5.74) is 6.64. The number of rotatable bonds is 3. The van der Waals surface area contributed by atoms with E-state index in [0.29, 0.717) is 16.9 Å². The smallest absolute Gasteiger partial charge is 0.167 e. The maximum Gasteiger partial charge on any atom is 0.167 e. The topological polar surface area (TPSA) is 119 Å². The fourth-order valence-corrected chi connectivity index (χ4v) is 2.92. The van der Waals surface area contributed by atoms with Gasteiger partial charge in [0.05, 0.1) is 12.4 Å². The monoisotopic (exact) mass is 297 g/mol. The zero-order chi connectivity index (χ0) is 14.3. The highest BCUT2D eigenvalue weighted by molar-refractivity contribution is 7.98. The first-order valence-corrected chi connectivity index (χ1v) is 7.46. The van der Waals surface area contributed by atoms with Gasteiger partial charge in [0.15, 0.2) is 17.7 Å². The Labute approximate surface area is 119 Å². The van der Waals surface area contributed by atoms with Crippen LogP contribution in [0.4, 0.5) is 5.82 Å². The first-order valence-electron chi connectivity index (χ1n) is 6.07. The molecule has 0 amide bonds. The minimum atomic E-state index is -1.04. The molecular formula is C11H15N5O3S. The Morgan fingerprint density at radius 1 is 1.35 bits per heavy atom. The van der Waals surface area contributed by atoms with Gasteiger partial charge in [-0.05, 0) is 6.26 Å². The van der Waals surface area contributed by atoms with E-state index >= 15 is 0 Å². The van der Waals surface area contributed by atoms with Crippen molar-refractivity contribution in [2.75, 3.05) is 17.7 Å². The standard InChI is InChI=1S/C11H15N5O3S/c1-20-2-5-7(17)8(18)11(19-5)16-4-15-6-9(12)13-3-14-10(6)16/h3-5,7-8,11,17-18H,2H2,1H3,(H2,12,13,14)/t5?,7-,8-,11?/m0/s1. The zero-order valence-corrected chi connectivity index (χ0v) is 11.6. The van der Waals surface area contributed by atoms with Crippen molar-refractivity contribution >= 4 is 28.7 Å². The minimum Gasteiger partial charge on any atom is -0.387 e. The second-order valence-electron chi connectivity index (χ2n) is 4.58. The number of ether oxygens (including phenoxy) is 1. The van der Waals surface area contributed by atoms with Crippen LogP contribution in [0.2, 0.25) is 0 Å². The first kappa shape index (κ1) is 13.6. The molecule has 1 aliphatic rings. The fraction of sp³-hybridized carbons (Fsp3) is 0.545. The van der Waals surface area contributed by atoms with Crippen LogP contribution in [0, 0.1) is 0 Å². The van der Waals surface area contributed by atoms with Crippen molar-refractivity contribution in [3.63, 3.8) is 0 Å². The van der Waals surface area contributed by atoms with Crippen molar-refractivity contribution in [3.05, 3.63) is 12.7 Å². The number of anilines is 1. The van der Waals surface area contributed by atoms with Crippen molar-refractivity contribution in [2.24, 2.45) is 0 Å². The van der Waals surface area contributed by atoms with Crippen LogP contribution >= 0.6 is 11.8 Å². The van der Waals surface area contributed by atoms with E-state index in [-0.39, 0.29) is 5.82 Å². The molecule has 9 heteroatoms. The number of aromatic nitrogens is 4. The van der Waals surface area contributed by atoms with Gasteiger partial charge in [0.25, 0.3) is 0 Å². The van der Waals surface area contributed by atoms with Crippen LogP contribution in [0.15, 0.2) is 12.7 Å². The average molecular weight is 297 g/mol. The summed E-state index contributed by atoms with van der Waals surface area (Å²) in [6.45, 7) is 0. The molecule has 0 aromatic carbocycles. The summed E-state index contributed by atoms with van der Waals surface area (Å²) in [6, 6.07) is 0. The van der Waals surface area contributed by atoms with E-state index in [4.69, 9.17) is 10.5 Å². The normalized spacial score (nSPS) is 30.1. The highest BCUT2D eigenvalue weighted by Crippen LogP contribution is 2.32. The van der Waals surface area contributed by atoms with Gasteiger partial charge in [0.2, 0.25) is 0 Å². The van der Waals surface area contributed by atoms with Gasteiger partial charge in [0.1, 0.15) is 24.1 Å². The van der Waals surface area contributed by atoms with Gasteiger partial charge in [-0.15, -0.1) is 0 Å². The van der Waals surface area contributed by atoms with Gasteiger partial charge in [-0.2, -0.15) is 11.8 Å². The highest BCUT2D eigenvalue weighted by Gasteiger charge is 2.43. The lowest BCUT2D eigenvalue weighted by Gasteiger charge is -2.16. The van der Waals surface area contributed by atoms with Crippen LogP contribution in [0.25, 0.3) is 11.2 Å². The van der Waals surface area contributed by atoms with Gasteiger partial charge >= 0.3 is 0 Å². The molecule has 2 aromatic rings. The number of nitrogens with zero attached hydrogens (tertiary/aromatic N) is 4. The minimum absolute atomic E-state index is 0.266.